The first kappa shape index (κ1) is 12.0. The molecule has 2 rings (SSSR count). The molecule has 1 aromatic carbocycles. The molecule has 1 heterocycles. The molecule has 1 aliphatic heterocycles. The molecular formula is C13H17NO3. The van der Waals surface area contributed by atoms with Crippen LogP contribution < -0.4 is 0 Å². The Morgan fingerprint density at radius 3 is 2.82 bits per heavy atom. The smallest absolute Gasteiger partial charge is 0.242 e. The molecule has 0 bridgehead atoms. The Balaban J connectivity index is 2.01. The fraction of sp³-hybridized carbons (Fsp3) is 0.538. The quantitative estimate of drug-likeness (QED) is 0.596. The minimum atomic E-state index is -0.919. The average molecular weight is 235 g/mol. The van der Waals surface area contributed by atoms with E-state index in [0.29, 0.717) is 13.0 Å². The molecule has 0 saturated carbocycles. The van der Waals surface area contributed by atoms with Crippen molar-refractivity contribution in [2.24, 2.45) is 5.92 Å². The Morgan fingerprint density at radius 1 is 1.47 bits per heavy atom. The molecule has 0 N–H and O–H groups in total. The summed E-state index contributed by atoms with van der Waals surface area (Å²) in [5, 5.41) is 11.0. The van der Waals surface area contributed by atoms with Crippen molar-refractivity contribution in [3.63, 3.8) is 0 Å². The van der Waals surface area contributed by atoms with Crippen LogP contribution in [0.2, 0.25) is 0 Å². The highest BCUT2D eigenvalue weighted by Gasteiger charge is 2.43. The van der Waals surface area contributed by atoms with E-state index >= 15 is 0 Å². The van der Waals surface area contributed by atoms with Crippen molar-refractivity contribution in [2.45, 2.75) is 25.3 Å². The van der Waals surface area contributed by atoms with Crippen LogP contribution in [0.3, 0.4) is 0 Å². The molecule has 4 heteroatoms. The van der Waals surface area contributed by atoms with Crippen LogP contribution in [0.25, 0.3) is 0 Å². The van der Waals surface area contributed by atoms with Crippen LogP contribution >= 0.6 is 0 Å². The first-order chi connectivity index (χ1) is 8.10. The molecule has 2 atom stereocenters. The molecule has 92 valence electrons. The van der Waals surface area contributed by atoms with Gasteiger partial charge in [-0.3, -0.25) is 10.1 Å². The highest BCUT2D eigenvalue weighted by atomic mass is 16.6. The third-order valence-electron chi connectivity index (χ3n) is 3.30. The lowest BCUT2D eigenvalue weighted by molar-refractivity contribution is -0.576. The molecule has 1 saturated heterocycles. The van der Waals surface area contributed by atoms with Gasteiger partial charge in [-0.05, 0) is 17.9 Å². The summed E-state index contributed by atoms with van der Waals surface area (Å²) >= 11 is 0. The molecule has 0 aromatic heterocycles. The Bertz CT molecular complexity index is 393. The highest BCUT2D eigenvalue weighted by molar-refractivity contribution is 5.15. The van der Waals surface area contributed by atoms with E-state index in [0.717, 1.165) is 6.42 Å². The van der Waals surface area contributed by atoms with E-state index in [1.54, 1.807) is 6.92 Å². The summed E-state index contributed by atoms with van der Waals surface area (Å²) < 4.78 is 5.39. The molecule has 0 amide bonds. The van der Waals surface area contributed by atoms with Crippen LogP contribution in [-0.4, -0.2) is 23.7 Å². The molecular weight excluding hydrogens is 218 g/mol. The van der Waals surface area contributed by atoms with Gasteiger partial charge in [0.1, 0.15) is 6.61 Å². The SMILES string of the molecule is CC1([N+](=O)[O-])COCC(Cc2ccccc2)C1. The second kappa shape index (κ2) is 4.84. The van der Waals surface area contributed by atoms with E-state index in [9.17, 15) is 10.1 Å². The summed E-state index contributed by atoms with van der Waals surface area (Å²) in [7, 11) is 0. The zero-order valence-electron chi connectivity index (χ0n) is 9.96. The Kier molecular flexibility index (Phi) is 3.43. The van der Waals surface area contributed by atoms with Gasteiger partial charge >= 0.3 is 0 Å². The summed E-state index contributed by atoms with van der Waals surface area (Å²) in [5.41, 5.74) is 0.297. The lowest BCUT2D eigenvalue weighted by atomic mass is 9.84. The van der Waals surface area contributed by atoms with Crippen molar-refractivity contribution < 1.29 is 9.66 Å². The maximum Gasteiger partial charge on any atom is 0.242 e. The summed E-state index contributed by atoms with van der Waals surface area (Å²) in [6.07, 6.45) is 1.44. The van der Waals surface area contributed by atoms with Gasteiger partial charge in [-0.1, -0.05) is 30.3 Å². The van der Waals surface area contributed by atoms with Gasteiger partial charge in [-0.15, -0.1) is 0 Å². The standard InChI is InChI=1S/C13H17NO3/c1-13(14(15)16)8-12(9-17-10-13)7-11-5-3-2-4-6-11/h2-6,12H,7-10H2,1H3. The minimum absolute atomic E-state index is 0.204. The molecule has 4 nitrogen and oxygen atoms in total. The minimum Gasteiger partial charge on any atom is -0.374 e. The zero-order chi connectivity index (χ0) is 12.3. The number of hydrogen-bond acceptors (Lipinski definition) is 3. The van der Waals surface area contributed by atoms with Crippen molar-refractivity contribution >= 4 is 0 Å². The third-order valence-corrected chi connectivity index (χ3v) is 3.30. The molecule has 0 spiro atoms. The number of benzene rings is 1. The summed E-state index contributed by atoms with van der Waals surface area (Å²) in [6, 6.07) is 10.1. The maximum absolute atomic E-state index is 11.0. The Hall–Kier alpha value is -1.42. The Labute approximate surface area is 101 Å². The van der Waals surface area contributed by atoms with Crippen LogP contribution in [0.4, 0.5) is 0 Å². The fourth-order valence-corrected chi connectivity index (χ4v) is 2.39. The number of nitro groups is 1. The lowest BCUT2D eigenvalue weighted by Crippen LogP contribution is -2.46. The van der Waals surface area contributed by atoms with E-state index in [-0.39, 0.29) is 17.4 Å². The number of ether oxygens (including phenoxy) is 1. The van der Waals surface area contributed by atoms with Gasteiger partial charge in [-0.25, -0.2) is 0 Å². The molecule has 17 heavy (non-hydrogen) atoms. The number of hydrogen-bond donors (Lipinski definition) is 0. The zero-order valence-corrected chi connectivity index (χ0v) is 9.96. The topological polar surface area (TPSA) is 52.4 Å². The van der Waals surface area contributed by atoms with Crippen molar-refractivity contribution in [1.29, 1.82) is 0 Å². The maximum atomic E-state index is 11.0. The van der Waals surface area contributed by atoms with Crippen LogP contribution in [-0.2, 0) is 11.2 Å². The summed E-state index contributed by atoms with van der Waals surface area (Å²) in [4.78, 5) is 10.8. The van der Waals surface area contributed by atoms with Crippen LogP contribution in [0.5, 0.6) is 0 Å². The monoisotopic (exact) mass is 235 g/mol. The predicted octanol–water partition coefficient (Wildman–Crippen LogP) is 2.30. The van der Waals surface area contributed by atoms with Gasteiger partial charge in [0.25, 0.3) is 0 Å². The largest absolute Gasteiger partial charge is 0.374 e. The molecule has 0 aliphatic carbocycles. The van der Waals surface area contributed by atoms with E-state index in [1.807, 2.05) is 18.2 Å². The van der Waals surface area contributed by atoms with E-state index in [4.69, 9.17) is 4.74 Å². The molecule has 1 aliphatic rings. The first-order valence-corrected chi connectivity index (χ1v) is 5.86. The van der Waals surface area contributed by atoms with Crippen LogP contribution in [0.1, 0.15) is 18.9 Å². The van der Waals surface area contributed by atoms with Gasteiger partial charge in [-0.2, -0.15) is 0 Å². The van der Waals surface area contributed by atoms with E-state index in [1.165, 1.54) is 5.56 Å². The van der Waals surface area contributed by atoms with E-state index < -0.39 is 5.54 Å². The second-order valence-electron chi connectivity index (χ2n) is 5.03. The van der Waals surface area contributed by atoms with Gasteiger partial charge < -0.3 is 4.74 Å². The Morgan fingerprint density at radius 2 is 2.18 bits per heavy atom. The molecule has 1 fully saturated rings. The molecule has 0 radical (unpaired) electrons. The lowest BCUT2D eigenvalue weighted by Gasteiger charge is -2.31. The number of nitrogens with zero attached hydrogens (tertiary/aromatic N) is 1. The van der Waals surface area contributed by atoms with Gasteiger partial charge in [0.05, 0.1) is 6.61 Å². The van der Waals surface area contributed by atoms with Crippen LogP contribution in [0.15, 0.2) is 30.3 Å². The number of rotatable bonds is 3. The van der Waals surface area contributed by atoms with Crippen molar-refractivity contribution in [3.8, 4) is 0 Å². The fourth-order valence-electron chi connectivity index (χ4n) is 2.39. The predicted molar refractivity (Wildman–Crippen MR) is 64.5 cm³/mol. The average Bonchev–Trinajstić information content (AvgIpc) is 2.30. The normalized spacial score (nSPS) is 28.9. The van der Waals surface area contributed by atoms with Gasteiger partial charge in [0, 0.05) is 18.3 Å². The van der Waals surface area contributed by atoms with Crippen molar-refractivity contribution in [1.82, 2.24) is 0 Å². The van der Waals surface area contributed by atoms with E-state index in [2.05, 4.69) is 12.1 Å². The third kappa shape index (κ3) is 2.82. The second-order valence-corrected chi connectivity index (χ2v) is 5.03. The molecule has 2 unspecified atom stereocenters. The first-order valence-electron chi connectivity index (χ1n) is 5.86. The van der Waals surface area contributed by atoms with Crippen molar-refractivity contribution in [2.75, 3.05) is 13.2 Å². The van der Waals surface area contributed by atoms with Gasteiger partial charge in [0.2, 0.25) is 5.54 Å². The van der Waals surface area contributed by atoms with Gasteiger partial charge in [0.15, 0.2) is 0 Å². The summed E-state index contributed by atoms with van der Waals surface area (Å²) in [5.74, 6) is 0.238. The molecule has 1 aromatic rings. The highest BCUT2D eigenvalue weighted by Crippen LogP contribution is 2.28. The van der Waals surface area contributed by atoms with Crippen LogP contribution in [0, 0.1) is 16.0 Å². The summed E-state index contributed by atoms with van der Waals surface area (Å²) in [6.45, 7) is 2.52. The van der Waals surface area contributed by atoms with Crippen molar-refractivity contribution in [3.05, 3.63) is 46.0 Å².